The normalized spacial score (nSPS) is 12.4. The minimum absolute atomic E-state index is 0.0308. The van der Waals surface area contributed by atoms with Gasteiger partial charge >= 0.3 is 0 Å². The minimum Gasteiger partial charge on any atom is -0.497 e. The van der Waals surface area contributed by atoms with Crippen molar-refractivity contribution in [2.75, 3.05) is 11.8 Å². The summed E-state index contributed by atoms with van der Waals surface area (Å²) in [5, 5.41) is 4.91. The monoisotopic (exact) mass is 431 g/mol. The van der Waals surface area contributed by atoms with Gasteiger partial charge in [0.15, 0.2) is 0 Å². The van der Waals surface area contributed by atoms with Gasteiger partial charge in [-0.05, 0) is 60.5 Å². The van der Waals surface area contributed by atoms with Gasteiger partial charge in [0.1, 0.15) is 11.6 Å². The third kappa shape index (κ3) is 4.69. The number of anilines is 1. The molecule has 0 aliphatic carbocycles. The van der Waals surface area contributed by atoms with Crippen LogP contribution in [0.25, 0.3) is 0 Å². The first-order chi connectivity index (χ1) is 14.1. The van der Waals surface area contributed by atoms with E-state index in [1.807, 2.05) is 11.6 Å². The lowest BCUT2D eigenvalue weighted by Gasteiger charge is -2.13. The molecule has 1 aromatic heterocycles. The van der Waals surface area contributed by atoms with Crippen LogP contribution in [-0.4, -0.2) is 26.3 Å². The zero-order chi connectivity index (χ0) is 22.1. The summed E-state index contributed by atoms with van der Waals surface area (Å²) in [5.74, 6) is -0.501. The molecule has 0 saturated carbocycles. The minimum atomic E-state index is -3.99. The Bertz CT molecular complexity index is 1200. The highest BCUT2D eigenvalue weighted by Gasteiger charge is 2.19. The largest absolute Gasteiger partial charge is 0.497 e. The number of aryl methyl sites for hydroxylation is 1. The van der Waals surface area contributed by atoms with E-state index in [0.717, 1.165) is 11.6 Å². The molecular formula is C21H22FN3O4S. The zero-order valence-electron chi connectivity index (χ0n) is 16.7. The SMILES string of the molecule is COc1ccc(C(=O)c2ccc(C(C)c3ccc(NS(N)(=O)=O)cc3F)[nH]2)c(C)c1. The number of hydrogen-bond donors (Lipinski definition) is 3. The molecule has 9 heteroatoms. The molecule has 3 rings (SSSR count). The van der Waals surface area contributed by atoms with Crippen molar-refractivity contribution >= 4 is 21.7 Å². The van der Waals surface area contributed by atoms with Gasteiger partial charge in [-0.1, -0.05) is 13.0 Å². The third-order valence-electron chi connectivity index (χ3n) is 4.82. The number of ether oxygens (including phenoxy) is 1. The van der Waals surface area contributed by atoms with E-state index in [1.54, 1.807) is 44.4 Å². The van der Waals surface area contributed by atoms with E-state index in [4.69, 9.17) is 9.88 Å². The number of rotatable bonds is 7. The first-order valence-electron chi connectivity index (χ1n) is 9.07. The smallest absolute Gasteiger partial charge is 0.296 e. The molecule has 2 aromatic carbocycles. The molecule has 0 radical (unpaired) electrons. The standard InChI is InChI=1S/C21H22FN3O4S/c1-12-10-15(29-3)5-7-16(12)21(26)20-9-8-19(24-20)13(2)17-6-4-14(11-18(17)22)25-30(23,27)28/h4-11,13,24-25H,1-3H3,(H2,23,27,28). The number of hydrogen-bond acceptors (Lipinski definition) is 4. The summed E-state index contributed by atoms with van der Waals surface area (Å²) in [5.41, 5.74) is 2.74. The molecule has 1 atom stereocenters. The van der Waals surface area contributed by atoms with Gasteiger partial charge in [0.2, 0.25) is 5.78 Å². The van der Waals surface area contributed by atoms with Gasteiger partial charge < -0.3 is 9.72 Å². The van der Waals surface area contributed by atoms with Crippen LogP contribution in [0.3, 0.4) is 0 Å². The molecule has 0 aliphatic heterocycles. The predicted octanol–water partition coefficient (Wildman–Crippen LogP) is 3.47. The summed E-state index contributed by atoms with van der Waals surface area (Å²) in [6.45, 7) is 3.61. The second-order valence-corrected chi connectivity index (χ2v) is 8.24. The van der Waals surface area contributed by atoms with Crippen molar-refractivity contribution in [2.24, 2.45) is 5.14 Å². The Morgan fingerprint density at radius 3 is 2.50 bits per heavy atom. The number of ketones is 1. The Balaban J connectivity index is 1.84. The molecule has 0 amide bonds. The van der Waals surface area contributed by atoms with Crippen LogP contribution in [0.1, 0.15) is 45.7 Å². The quantitative estimate of drug-likeness (QED) is 0.497. The van der Waals surface area contributed by atoms with Crippen LogP contribution in [-0.2, 0) is 10.2 Å². The first-order valence-corrected chi connectivity index (χ1v) is 10.6. The van der Waals surface area contributed by atoms with Gasteiger partial charge in [0.05, 0.1) is 18.5 Å². The number of aromatic amines is 1. The molecule has 158 valence electrons. The number of H-pyrrole nitrogens is 1. The van der Waals surface area contributed by atoms with Crippen LogP contribution in [0.15, 0.2) is 48.5 Å². The Hall–Kier alpha value is -3.17. The second-order valence-electron chi connectivity index (χ2n) is 6.94. The molecule has 0 saturated heterocycles. The maximum absolute atomic E-state index is 14.5. The van der Waals surface area contributed by atoms with Crippen molar-refractivity contribution in [3.63, 3.8) is 0 Å². The van der Waals surface area contributed by atoms with Gasteiger partial charge in [0.25, 0.3) is 10.2 Å². The van der Waals surface area contributed by atoms with Crippen molar-refractivity contribution in [3.05, 3.63) is 82.4 Å². The number of halogens is 1. The molecule has 1 unspecified atom stereocenters. The van der Waals surface area contributed by atoms with Crippen LogP contribution in [0, 0.1) is 12.7 Å². The molecule has 7 nitrogen and oxygen atoms in total. The second kappa shape index (κ2) is 8.29. The van der Waals surface area contributed by atoms with Crippen LogP contribution >= 0.6 is 0 Å². The highest BCUT2D eigenvalue weighted by Crippen LogP contribution is 2.28. The number of aromatic nitrogens is 1. The summed E-state index contributed by atoms with van der Waals surface area (Å²) < 4.78 is 43.9. The van der Waals surface area contributed by atoms with Gasteiger partial charge in [-0.15, -0.1) is 0 Å². The molecule has 0 aliphatic rings. The van der Waals surface area contributed by atoms with Crippen molar-refractivity contribution < 1.29 is 22.3 Å². The fourth-order valence-corrected chi connectivity index (χ4v) is 3.69. The molecule has 30 heavy (non-hydrogen) atoms. The maximum Gasteiger partial charge on any atom is 0.296 e. The predicted molar refractivity (Wildman–Crippen MR) is 113 cm³/mol. The van der Waals surface area contributed by atoms with Crippen LogP contribution in [0.2, 0.25) is 0 Å². The van der Waals surface area contributed by atoms with E-state index >= 15 is 0 Å². The van der Waals surface area contributed by atoms with Crippen LogP contribution in [0.5, 0.6) is 5.75 Å². The molecule has 0 bridgehead atoms. The molecule has 3 aromatic rings. The number of nitrogens with one attached hydrogen (secondary N) is 2. The fourth-order valence-electron chi connectivity index (χ4n) is 3.23. The lowest BCUT2D eigenvalue weighted by atomic mass is 9.97. The van der Waals surface area contributed by atoms with E-state index in [0.29, 0.717) is 28.3 Å². The lowest BCUT2D eigenvalue weighted by molar-refractivity contribution is 0.103. The summed E-state index contributed by atoms with van der Waals surface area (Å²) in [6, 6.07) is 12.6. The van der Waals surface area contributed by atoms with E-state index in [1.165, 1.54) is 12.1 Å². The Kier molecular flexibility index (Phi) is 5.95. The van der Waals surface area contributed by atoms with Crippen molar-refractivity contribution in [1.82, 2.24) is 4.98 Å². The third-order valence-corrected chi connectivity index (χ3v) is 5.35. The molecule has 4 N–H and O–H groups in total. The highest BCUT2D eigenvalue weighted by molar-refractivity contribution is 7.90. The fraction of sp³-hybridized carbons (Fsp3) is 0.190. The van der Waals surface area contributed by atoms with Gasteiger partial charge in [0, 0.05) is 17.2 Å². The van der Waals surface area contributed by atoms with Crippen molar-refractivity contribution in [3.8, 4) is 5.75 Å². The van der Waals surface area contributed by atoms with Gasteiger partial charge in [-0.2, -0.15) is 8.42 Å². The van der Waals surface area contributed by atoms with E-state index in [-0.39, 0.29) is 11.5 Å². The average Bonchev–Trinajstić information content (AvgIpc) is 3.16. The Morgan fingerprint density at radius 1 is 1.17 bits per heavy atom. The summed E-state index contributed by atoms with van der Waals surface area (Å²) in [6.07, 6.45) is 0. The van der Waals surface area contributed by atoms with Crippen LogP contribution < -0.4 is 14.6 Å². The molecule has 0 fully saturated rings. The topological polar surface area (TPSA) is 114 Å². The van der Waals surface area contributed by atoms with Crippen molar-refractivity contribution in [2.45, 2.75) is 19.8 Å². The zero-order valence-corrected chi connectivity index (χ0v) is 17.5. The maximum atomic E-state index is 14.5. The van der Waals surface area contributed by atoms with Gasteiger partial charge in [-0.3, -0.25) is 9.52 Å². The molecule has 0 spiro atoms. The van der Waals surface area contributed by atoms with E-state index in [9.17, 15) is 17.6 Å². The van der Waals surface area contributed by atoms with E-state index in [2.05, 4.69) is 4.98 Å². The highest BCUT2D eigenvalue weighted by atomic mass is 32.2. The molecule has 1 heterocycles. The Morgan fingerprint density at radius 2 is 1.90 bits per heavy atom. The lowest BCUT2D eigenvalue weighted by Crippen LogP contribution is -2.21. The first kappa shape index (κ1) is 21.5. The number of benzene rings is 2. The van der Waals surface area contributed by atoms with Crippen LogP contribution in [0.4, 0.5) is 10.1 Å². The molecular weight excluding hydrogens is 409 g/mol. The number of methoxy groups -OCH3 is 1. The summed E-state index contributed by atoms with van der Waals surface area (Å²) >= 11 is 0. The summed E-state index contributed by atoms with van der Waals surface area (Å²) in [4.78, 5) is 15.9. The van der Waals surface area contributed by atoms with Crippen molar-refractivity contribution in [1.29, 1.82) is 0 Å². The summed E-state index contributed by atoms with van der Waals surface area (Å²) in [7, 11) is -2.43. The number of nitrogens with two attached hydrogens (primary N) is 1. The number of carbonyl (C=O) groups is 1. The Labute approximate surface area is 174 Å². The number of carbonyl (C=O) groups excluding carboxylic acids is 1. The van der Waals surface area contributed by atoms with Gasteiger partial charge in [-0.25, -0.2) is 9.53 Å². The van der Waals surface area contributed by atoms with E-state index < -0.39 is 21.9 Å². The average molecular weight is 431 g/mol.